The molecule has 0 saturated carbocycles. The number of halogens is 1. The number of anilines is 1. The van der Waals surface area contributed by atoms with Crippen molar-refractivity contribution >= 4 is 34.0 Å². The Morgan fingerprint density at radius 1 is 1.36 bits per heavy atom. The highest BCUT2D eigenvalue weighted by Crippen LogP contribution is 2.23. The topological polar surface area (TPSA) is 55.1 Å². The summed E-state index contributed by atoms with van der Waals surface area (Å²) in [6.45, 7) is 1.79. The summed E-state index contributed by atoms with van der Waals surface area (Å²) in [7, 11) is 0. The van der Waals surface area contributed by atoms with Crippen molar-refractivity contribution in [2.45, 2.75) is 13.3 Å². The van der Waals surface area contributed by atoms with E-state index in [1.54, 1.807) is 25.3 Å². The van der Waals surface area contributed by atoms with Crippen molar-refractivity contribution < 1.29 is 9.21 Å². The second kappa shape index (κ2) is 6.34. The first kappa shape index (κ1) is 14.8. The second-order valence-corrected chi connectivity index (χ2v) is 6.35. The van der Waals surface area contributed by atoms with Gasteiger partial charge in [-0.25, -0.2) is 4.98 Å². The molecule has 0 spiro atoms. The summed E-state index contributed by atoms with van der Waals surface area (Å²) in [4.78, 5) is 17.3. The van der Waals surface area contributed by atoms with Gasteiger partial charge in [-0.3, -0.25) is 10.1 Å². The quantitative estimate of drug-likeness (QED) is 0.763. The first-order valence-corrected chi connectivity index (χ1v) is 7.86. The molecule has 4 nitrogen and oxygen atoms in total. The predicted octanol–water partition coefficient (Wildman–Crippen LogP) is 4.54. The SMILES string of the molecule is Cc1ccc(C(=O)Nc2ncc(Cc3cccc(Cl)c3)s2)o1. The van der Waals surface area contributed by atoms with Gasteiger partial charge in [-0.05, 0) is 36.8 Å². The van der Waals surface area contributed by atoms with E-state index in [2.05, 4.69) is 10.3 Å². The molecular formula is C16H13ClN2O2S. The van der Waals surface area contributed by atoms with Gasteiger partial charge in [0.1, 0.15) is 5.76 Å². The number of thiazole rings is 1. The number of hydrogen-bond donors (Lipinski definition) is 1. The Bertz CT molecular complexity index is 810. The molecule has 2 aromatic heterocycles. The summed E-state index contributed by atoms with van der Waals surface area (Å²) in [5.41, 5.74) is 1.11. The van der Waals surface area contributed by atoms with Crippen LogP contribution < -0.4 is 5.32 Å². The Kier molecular flexibility index (Phi) is 4.27. The van der Waals surface area contributed by atoms with E-state index in [9.17, 15) is 4.79 Å². The van der Waals surface area contributed by atoms with E-state index in [1.165, 1.54) is 11.3 Å². The minimum Gasteiger partial charge on any atom is -0.456 e. The molecule has 0 aliphatic heterocycles. The van der Waals surface area contributed by atoms with Crippen LogP contribution in [0.3, 0.4) is 0 Å². The van der Waals surface area contributed by atoms with Gasteiger partial charge >= 0.3 is 0 Å². The molecule has 0 saturated heterocycles. The van der Waals surface area contributed by atoms with E-state index in [-0.39, 0.29) is 11.7 Å². The molecule has 0 radical (unpaired) electrons. The largest absolute Gasteiger partial charge is 0.456 e. The van der Waals surface area contributed by atoms with Gasteiger partial charge in [-0.2, -0.15) is 0 Å². The van der Waals surface area contributed by atoms with Gasteiger partial charge in [0.2, 0.25) is 0 Å². The van der Waals surface area contributed by atoms with Crippen LogP contribution in [-0.4, -0.2) is 10.9 Å². The van der Waals surface area contributed by atoms with Gasteiger partial charge in [0, 0.05) is 22.5 Å². The van der Waals surface area contributed by atoms with Gasteiger partial charge in [-0.15, -0.1) is 11.3 Å². The Hall–Kier alpha value is -2.11. The summed E-state index contributed by atoms with van der Waals surface area (Å²) in [6.07, 6.45) is 2.49. The minimum absolute atomic E-state index is 0.282. The fraction of sp³-hybridized carbons (Fsp3) is 0.125. The number of aromatic nitrogens is 1. The molecule has 1 amide bonds. The number of benzene rings is 1. The number of aryl methyl sites for hydroxylation is 1. The Morgan fingerprint density at radius 2 is 2.23 bits per heavy atom. The number of carbonyl (C=O) groups excluding carboxylic acids is 1. The van der Waals surface area contributed by atoms with Crippen LogP contribution in [0.25, 0.3) is 0 Å². The van der Waals surface area contributed by atoms with E-state index in [0.29, 0.717) is 15.9 Å². The van der Waals surface area contributed by atoms with Crippen LogP contribution in [-0.2, 0) is 6.42 Å². The fourth-order valence-electron chi connectivity index (χ4n) is 2.01. The van der Waals surface area contributed by atoms with Crippen molar-refractivity contribution in [2.75, 3.05) is 5.32 Å². The van der Waals surface area contributed by atoms with E-state index < -0.39 is 0 Å². The third-order valence-corrected chi connectivity index (χ3v) is 4.15. The third kappa shape index (κ3) is 3.55. The third-order valence-electron chi connectivity index (χ3n) is 3.01. The molecule has 0 fully saturated rings. The van der Waals surface area contributed by atoms with Crippen molar-refractivity contribution in [2.24, 2.45) is 0 Å². The summed E-state index contributed by atoms with van der Waals surface area (Å²) in [5.74, 6) is 0.687. The van der Waals surface area contributed by atoms with Crippen molar-refractivity contribution in [1.29, 1.82) is 0 Å². The maximum Gasteiger partial charge on any atom is 0.293 e. The summed E-state index contributed by atoms with van der Waals surface area (Å²) in [6, 6.07) is 11.1. The number of furan rings is 1. The van der Waals surface area contributed by atoms with Crippen molar-refractivity contribution in [3.63, 3.8) is 0 Å². The molecule has 3 aromatic rings. The molecule has 6 heteroatoms. The molecule has 0 atom stereocenters. The lowest BCUT2D eigenvalue weighted by Gasteiger charge is -1.99. The lowest BCUT2D eigenvalue weighted by molar-refractivity contribution is 0.0995. The average Bonchev–Trinajstić information content (AvgIpc) is 3.08. The highest BCUT2D eigenvalue weighted by atomic mass is 35.5. The van der Waals surface area contributed by atoms with Crippen LogP contribution in [0.1, 0.15) is 26.8 Å². The van der Waals surface area contributed by atoms with E-state index >= 15 is 0 Å². The van der Waals surface area contributed by atoms with Gasteiger partial charge < -0.3 is 4.42 Å². The van der Waals surface area contributed by atoms with Gasteiger partial charge in [0.15, 0.2) is 10.9 Å². The highest BCUT2D eigenvalue weighted by Gasteiger charge is 2.12. The van der Waals surface area contributed by atoms with E-state index in [1.807, 2.05) is 24.3 Å². The Balaban J connectivity index is 1.67. The number of rotatable bonds is 4. The van der Waals surface area contributed by atoms with Crippen LogP contribution in [0.15, 0.2) is 47.0 Å². The molecule has 1 aromatic carbocycles. The summed E-state index contributed by atoms with van der Waals surface area (Å²) >= 11 is 7.41. The van der Waals surface area contributed by atoms with Crippen molar-refractivity contribution in [3.05, 3.63) is 69.6 Å². The first-order valence-electron chi connectivity index (χ1n) is 6.67. The number of nitrogens with zero attached hydrogens (tertiary/aromatic N) is 1. The molecule has 0 bridgehead atoms. The molecule has 0 aliphatic rings. The molecule has 22 heavy (non-hydrogen) atoms. The monoisotopic (exact) mass is 332 g/mol. The fourth-order valence-corrected chi connectivity index (χ4v) is 3.07. The van der Waals surface area contributed by atoms with E-state index in [0.717, 1.165) is 16.9 Å². The van der Waals surface area contributed by atoms with E-state index in [4.69, 9.17) is 16.0 Å². The maximum atomic E-state index is 12.0. The normalized spacial score (nSPS) is 10.6. The zero-order valence-corrected chi connectivity index (χ0v) is 13.4. The maximum absolute atomic E-state index is 12.0. The average molecular weight is 333 g/mol. The lowest BCUT2D eigenvalue weighted by Crippen LogP contribution is -2.10. The summed E-state index contributed by atoms with van der Waals surface area (Å²) < 4.78 is 5.28. The Morgan fingerprint density at radius 3 is 2.95 bits per heavy atom. The smallest absolute Gasteiger partial charge is 0.293 e. The van der Waals surface area contributed by atoms with Gasteiger partial charge in [0.25, 0.3) is 5.91 Å². The van der Waals surface area contributed by atoms with Crippen LogP contribution in [0.4, 0.5) is 5.13 Å². The minimum atomic E-state index is -0.295. The van der Waals surface area contributed by atoms with Gasteiger partial charge in [0.05, 0.1) is 0 Å². The number of carbonyl (C=O) groups is 1. The zero-order chi connectivity index (χ0) is 15.5. The van der Waals surface area contributed by atoms with Crippen molar-refractivity contribution in [1.82, 2.24) is 4.98 Å². The molecule has 0 unspecified atom stereocenters. The lowest BCUT2D eigenvalue weighted by atomic mass is 10.1. The number of amides is 1. The number of nitrogens with one attached hydrogen (secondary N) is 1. The first-order chi connectivity index (χ1) is 10.6. The van der Waals surface area contributed by atoms with Crippen LogP contribution in [0.2, 0.25) is 5.02 Å². The second-order valence-electron chi connectivity index (χ2n) is 4.80. The number of hydrogen-bond acceptors (Lipinski definition) is 4. The molecule has 3 rings (SSSR count). The van der Waals surface area contributed by atoms with Crippen LogP contribution in [0, 0.1) is 6.92 Å². The van der Waals surface area contributed by atoms with Crippen LogP contribution in [0.5, 0.6) is 0 Å². The van der Waals surface area contributed by atoms with Gasteiger partial charge in [-0.1, -0.05) is 23.7 Å². The molecule has 112 valence electrons. The molecule has 1 N–H and O–H groups in total. The standard InChI is InChI=1S/C16H13ClN2O2S/c1-10-5-6-14(21-10)15(20)19-16-18-9-13(22-16)8-11-3-2-4-12(17)7-11/h2-7,9H,8H2,1H3,(H,18,19,20). The summed E-state index contributed by atoms with van der Waals surface area (Å²) in [5, 5.41) is 4.00. The molecular weight excluding hydrogens is 320 g/mol. The molecule has 0 aliphatic carbocycles. The van der Waals surface area contributed by atoms with Crippen LogP contribution >= 0.6 is 22.9 Å². The molecule has 2 heterocycles. The predicted molar refractivity (Wildman–Crippen MR) is 87.8 cm³/mol. The Labute approximate surface area is 136 Å². The zero-order valence-electron chi connectivity index (χ0n) is 11.8. The highest BCUT2D eigenvalue weighted by molar-refractivity contribution is 7.15. The van der Waals surface area contributed by atoms with Crippen molar-refractivity contribution in [3.8, 4) is 0 Å².